The summed E-state index contributed by atoms with van der Waals surface area (Å²) in [6, 6.07) is 13.9. The normalized spacial score (nSPS) is 15.8. The molecule has 2 aromatic heterocycles. The highest BCUT2D eigenvalue weighted by Crippen LogP contribution is 2.28. The third-order valence-electron chi connectivity index (χ3n) is 4.59. The minimum absolute atomic E-state index is 0.134. The van der Waals surface area contributed by atoms with Crippen LogP contribution in [0.5, 0.6) is 5.75 Å². The second-order valence-corrected chi connectivity index (χ2v) is 7.29. The number of nitrogens with zero attached hydrogens (tertiary/aromatic N) is 2. The predicted octanol–water partition coefficient (Wildman–Crippen LogP) is 3.92. The lowest BCUT2D eigenvalue weighted by atomic mass is 9.95. The zero-order chi connectivity index (χ0) is 17.8. The Morgan fingerprint density at radius 1 is 1.15 bits per heavy atom. The molecular weight excluding hydrogens is 344 g/mol. The minimum atomic E-state index is -0.153. The van der Waals surface area contributed by atoms with Crippen LogP contribution in [-0.2, 0) is 24.3 Å². The van der Waals surface area contributed by atoms with Crippen LogP contribution in [0.1, 0.15) is 16.7 Å². The standard InChI is InChI=1S/C21H20N2O2S/c24-21(19-10-18-5-1-2-6-20(18)25-14-19)23(13-17-7-9-26-15-17)12-16-4-3-8-22-11-16/h1-9,11,15,19H,10,12-14H2/t19-/m0/s1. The average Bonchev–Trinajstić information content (AvgIpc) is 3.20. The largest absolute Gasteiger partial charge is 0.492 e. The van der Waals surface area contributed by atoms with Crippen LogP contribution < -0.4 is 4.74 Å². The van der Waals surface area contributed by atoms with Crippen LogP contribution >= 0.6 is 11.3 Å². The topological polar surface area (TPSA) is 42.4 Å². The molecule has 0 unspecified atom stereocenters. The fraction of sp³-hybridized carbons (Fsp3) is 0.238. The summed E-state index contributed by atoms with van der Waals surface area (Å²) in [6.07, 6.45) is 4.29. The number of para-hydroxylation sites is 1. The molecule has 1 aliphatic rings. The van der Waals surface area contributed by atoms with Gasteiger partial charge in [-0.15, -0.1) is 0 Å². The van der Waals surface area contributed by atoms with Gasteiger partial charge >= 0.3 is 0 Å². The molecular formula is C21H20N2O2S. The number of carbonyl (C=O) groups excluding carboxylic acids is 1. The van der Waals surface area contributed by atoms with Crippen molar-refractivity contribution in [1.29, 1.82) is 0 Å². The fourth-order valence-corrected chi connectivity index (χ4v) is 3.93. The Hall–Kier alpha value is -2.66. The number of aromatic nitrogens is 1. The molecule has 1 aliphatic heterocycles. The van der Waals surface area contributed by atoms with Gasteiger partial charge in [-0.05, 0) is 52.1 Å². The highest BCUT2D eigenvalue weighted by Gasteiger charge is 2.29. The van der Waals surface area contributed by atoms with Crippen LogP contribution in [0.2, 0.25) is 0 Å². The quantitative estimate of drug-likeness (QED) is 0.689. The van der Waals surface area contributed by atoms with Crippen molar-refractivity contribution >= 4 is 17.2 Å². The van der Waals surface area contributed by atoms with Gasteiger partial charge in [0.05, 0.1) is 5.92 Å². The molecule has 0 spiro atoms. The predicted molar refractivity (Wildman–Crippen MR) is 102 cm³/mol. The lowest BCUT2D eigenvalue weighted by Gasteiger charge is -2.30. The zero-order valence-electron chi connectivity index (χ0n) is 14.4. The van der Waals surface area contributed by atoms with Crippen molar-refractivity contribution in [1.82, 2.24) is 9.88 Å². The molecule has 4 nitrogen and oxygen atoms in total. The summed E-state index contributed by atoms with van der Waals surface area (Å²) in [7, 11) is 0. The zero-order valence-corrected chi connectivity index (χ0v) is 15.2. The number of ether oxygens (including phenoxy) is 1. The van der Waals surface area contributed by atoms with Gasteiger partial charge < -0.3 is 9.64 Å². The molecule has 0 radical (unpaired) electrons. The van der Waals surface area contributed by atoms with E-state index in [1.807, 2.05) is 52.9 Å². The van der Waals surface area contributed by atoms with Crippen LogP contribution in [0.25, 0.3) is 0 Å². The maximum atomic E-state index is 13.3. The summed E-state index contributed by atoms with van der Waals surface area (Å²) in [4.78, 5) is 19.4. The van der Waals surface area contributed by atoms with Crippen LogP contribution in [0, 0.1) is 5.92 Å². The Kier molecular flexibility index (Phi) is 4.97. The van der Waals surface area contributed by atoms with E-state index >= 15 is 0 Å². The van der Waals surface area contributed by atoms with Crippen LogP contribution in [-0.4, -0.2) is 22.4 Å². The van der Waals surface area contributed by atoms with E-state index in [-0.39, 0.29) is 11.8 Å². The molecule has 3 heterocycles. The molecule has 1 aromatic carbocycles. The van der Waals surface area contributed by atoms with E-state index in [9.17, 15) is 4.79 Å². The average molecular weight is 364 g/mol. The SMILES string of the molecule is O=C([C@@H]1COc2ccccc2C1)N(Cc1cccnc1)Cc1ccsc1. The van der Waals surface area contributed by atoms with Gasteiger partial charge in [0.1, 0.15) is 12.4 Å². The molecule has 4 rings (SSSR count). The summed E-state index contributed by atoms with van der Waals surface area (Å²) < 4.78 is 5.84. The first kappa shape index (κ1) is 16.8. The second-order valence-electron chi connectivity index (χ2n) is 6.51. The summed E-state index contributed by atoms with van der Waals surface area (Å²) in [6.45, 7) is 1.60. The van der Waals surface area contributed by atoms with E-state index in [4.69, 9.17) is 4.74 Å². The Balaban J connectivity index is 1.54. The van der Waals surface area contributed by atoms with E-state index < -0.39 is 0 Å². The van der Waals surface area contributed by atoms with Crippen molar-refractivity contribution in [3.05, 3.63) is 82.3 Å². The lowest BCUT2D eigenvalue weighted by molar-refractivity contribution is -0.138. The molecule has 0 N–H and O–H groups in total. The summed E-state index contributed by atoms with van der Waals surface area (Å²) in [5, 5.41) is 4.14. The number of benzene rings is 1. The van der Waals surface area contributed by atoms with Gasteiger partial charge in [0.15, 0.2) is 0 Å². The third kappa shape index (κ3) is 3.78. The van der Waals surface area contributed by atoms with Gasteiger partial charge in [-0.1, -0.05) is 24.3 Å². The number of amides is 1. The first-order valence-corrected chi connectivity index (χ1v) is 9.63. The van der Waals surface area contributed by atoms with E-state index in [0.717, 1.165) is 28.9 Å². The molecule has 0 saturated carbocycles. The summed E-state index contributed by atoms with van der Waals surface area (Å²) in [5.41, 5.74) is 3.30. The van der Waals surface area contributed by atoms with Crippen molar-refractivity contribution in [3.63, 3.8) is 0 Å². The number of rotatable bonds is 5. The van der Waals surface area contributed by atoms with Crippen LogP contribution in [0.4, 0.5) is 0 Å². The molecule has 5 heteroatoms. The van der Waals surface area contributed by atoms with Crippen LogP contribution in [0.3, 0.4) is 0 Å². The molecule has 132 valence electrons. The molecule has 0 aliphatic carbocycles. The van der Waals surface area contributed by atoms with Crippen LogP contribution in [0.15, 0.2) is 65.6 Å². The van der Waals surface area contributed by atoms with E-state index in [0.29, 0.717) is 19.7 Å². The van der Waals surface area contributed by atoms with Crippen molar-refractivity contribution in [2.75, 3.05) is 6.61 Å². The van der Waals surface area contributed by atoms with E-state index in [2.05, 4.69) is 16.4 Å². The smallest absolute Gasteiger partial charge is 0.230 e. The Labute approximate surface area is 157 Å². The van der Waals surface area contributed by atoms with E-state index in [1.54, 1.807) is 17.5 Å². The Bertz CT molecular complexity index is 865. The van der Waals surface area contributed by atoms with Gasteiger partial charge in [0, 0.05) is 25.5 Å². The summed E-state index contributed by atoms with van der Waals surface area (Å²) >= 11 is 1.65. The molecule has 0 fully saturated rings. The summed E-state index contributed by atoms with van der Waals surface area (Å²) in [5.74, 6) is 0.878. The monoisotopic (exact) mass is 364 g/mol. The van der Waals surface area contributed by atoms with Crippen molar-refractivity contribution in [3.8, 4) is 5.75 Å². The maximum absolute atomic E-state index is 13.3. The highest BCUT2D eigenvalue weighted by molar-refractivity contribution is 7.07. The number of thiophene rings is 1. The van der Waals surface area contributed by atoms with Crippen molar-refractivity contribution < 1.29 is 9.53 Å². The highest BCUT2D eigenvalue weighted by atomic mass is 32.1. The molecule has 26 heavy (non-hydrogen) atoms. The molecule has 1 atom stereocenters. The number of hydrogen-bond acceptors (Lipinski definition) is 4. The van der Waals surface area contributed by atoms with Gasteiger partial charge in [0.2, 0.25) is 5.91 Å². The van der Waals surface area contributed by atoms with Gasteiger partial charge in [0.25, 0.3) is 0 Å². The molecule has 0 saturated heterocycles. The molecule has 1 amide bonds. The lowest BCUT2D eigenvalue weighted by Crippen LogP contribution is -2.40. The van der Waals surface area contributed by atoms with Crippen molar-refractivity contribution in [2.45, 2.75) is 19.5 Å². The Morgan fingerprint density at radius 2 is 2.04 bits per heavy atom. The first-order chi connectivity index (χ1) is 12.8. The third-order valence-corrected chi connectivity index (χ3v) is 5.32. The Morgan fingerprint density at radius 3 is 2.85 bits per heavy atom. The number of fused-ring (bicyclic) bond motifs is 1. The number of pyridine rings is 1. The minimum Gasteiger partial charge on any atom is -0.492 e. The van der Waals surface area contributed by atoms with E-state index in [1.165, 1.54) is 0 Å². The number of carbonyl (C=O) groups is 1. The number of hydrogen-bond donors (Lipinski definition) is 0. The second kappa shape index (κ2) is 7.70. The van der Waals surface area contributed by atoms with Crippen molar-refractivity contribution in [2.24, 2.45) is 5.92 Å². The first-order valence-electron chi connectivity index (χ1n) is 8.69. The fourth-order valence-electron chi connectivity index (χ4n) is 3.27. The molecule has 0 bridgehead atoms. The maximum Gasteiger partial charge on any atom is 0.230 e. The van der Waals surface area contributed by atoms with Gasteiger partial charge in [-0.2, -0.15) is 11.3 Å². The van der Waals surface area contributed by atoms with Gasteiger partial charge in [-0.3, -0.25) is 9.78 Å². The molecule has 3 aromatic rings. The van der Waals surface area contributed by atoms with Gasteiger partial charge in [-0.25, -0.2) is 0 Å².